The van der Waals surface area contributed by atoms with E-state index in [0.29, 0.717) is 17.8 Å². The van der Waals surface area contributed by atoms with Crippen molar-refractivity contribution in [1.82, 2.24) is 25.2 Å². The van der Waals surface area contributed by atoms with Gasteiger partial charge in [0.1, 0.15) is 0 Å². The zero-order chi connectivity index (χ0) is 16.7. The van der Waals surface area contributed by atoms with Crippen LogP contribution in [0.3, 0.4) is 0 Å². The standard InChI is InChI=1S/C18H23N5O.ClH/c1-12-17(20-21-23(12)15-6-4-3-5-7-15)18(24)22(2)16-10-13-8-9-14(11-16)19-13;/h3-7,13-14,16,19H,8-11H2,1-2H3;1H. The van der Waals surface area contributed by atoms with Gasteiger partial charge in [-0.15, -0.1) is 17.5 Å². The molecule has 2 fully saturated rings. The Kier molecular flexibility index (Phi) is 5.11. The van der Waals surface area contributed by atoms with Gasteiger partial charge in [-0.25, -0.2) is 4.68 Å². The van der Waals surface area contributed by atoms with Crippen molar-refractivity contribution in [3.63, 3.8) is 0 Å². The predicted octanol–water partition coefficient (Wildman–Crippen LogP) is 2.35. The van der Waals surface area contributed by atoms with Crippen LogP contribution in [0.1, 0.15) is 41.9 Å². The Morgan fingerprint density at radius 2 is 1.84 bits per heavy atom. The van der Waals surface area contributed by atoms with Gasteiger partial charge in [0.2, 0.25) is 0 Å². The van der Waals surface area contributed by atoms with Crippen molar-refractivity contribution in [1.29, 1.82) is 0 Å². The molecule has 134 valence electrons. The lowest BCUT2D eigenvalue weighted by atomic mass is 9.98. The minimum atomic E-state index is -0.0269. The molecule has 4 rings (SSSR count). The van der Waals surface area contributed by atoms with E-state index in [-0.39, 0.29) is 24.4 Å². The van der Waals surface area contributed by atoms with E-state index in [0.717, 1.165) is 24.2 Å². The maximum Gasteiger partial charge on any atom is 0.276 e. The lowest BCUT2D eigenvalue weighted by Gasteiger charge is -2.35. The summed E-state index contributed by atoms with van der Waals surface area (Å²) in [5, 5.41) is 12.0. The summed E-state index contributed by atoms with van der Waals surface area (Å²) in [5.74, 6) is -0.0269. The fourth-order valence-electron chi connectivity index (χ4n) is 4.02. The van der Waals surface area contributed by atoms with Crippen LogP contribution in [0.15, 0.2) is 30.3 Å². The predicted molar refractivity (Wildman–Crippen MR) is 98.4 cm³/mol. The van der Waals surface area contributed by atoms with Crippen molar-refractivity contribution in [3.8, 4) is 5.69 Å². The molecule has 2 aliphatic heterocycles. The average Bonchev–Trinajstić information content (AvgIpc) is 3.16. The third-order valence-corrected chi connectivity index (χ3v) is 5.41. The fourth-order valence-corrected chi connectivity index (χ4v) is 4.02. The Labute approximate surface area is 154 Å². The molecule has 1 aromatic heterocycles. The monoisotopic (exact) mass is 361 g/mol. The number of benzene rings is 1. The van der Waals surface area contributed by atoms with E-state index in [2.05, 4.69) is 15.6 Å². The van der Waals surface area contributed by atoms with E-state index in [9.17, 15) is 4.79 Å². The number of aromatic nitrogens is 3. The molecule has 1 N–H and O–H groups in total. The molecule has 0 spiro atoms. The second-order valence-corrected chi connectivity index (χ2v) is 6.95. The Morgan fingerprint density at radius 1 is 1.20 bits per heavy atom. The molecular weight excluding hydrogens is 338 g/mol. The third-order valence-electron chi connectivity index (χ3n) is 5.41. The second-order valence-electron chi connectivity index (χ2n) is 6.95. The van der Waals surface area contributed by atoms with Gasteiger partial charge in [0.05, 0.1) is 11.4 Å². The molecule has 7 heteroatoms. The molecule has 25 heavy (non-hydrogen) atoms. The number of carbonyl (C=O) groups is 1. The van der Waals surface area contributed by atoms with Gasteiger partial charge in [0.15, 0.2) is 5.69 Å². The number of rotatable bonds is 3. The van der Waals surface area contributed by atoms with Crippen LogP contribution in [-0.4, -0.2) is 51.0 Å². The highest BCUT2D eigenvalue weighted by Crippen LogP contribution is 2.30. The van der Waals surface area contributed by atoms with Gasteiger partial charge in [-0.3, -0.25) is 4.79 Å². The van der Waals surface area contributed by atoms with Crippen molar-refractivity contribution >= 4 is 18.3 Å². The molecule has 2 aliphatic rings. The molecule has 0 aliphatic carbocycles. The summed E-state index contributed by atoms with van der Waals surface area (Å²) in [4.78, 5) is 14.8. The van der Waals surface area contributed by atoms with Crippen LogP contribution in [0.4, 0.5) is 0 Å². The molecule has 2 unspecified atom stereocenters. The fraction of sp³-hybridized carbons (Fsp3) is 0.500. The Bertz CT molecular complexity index is 735. The SMILES string of the molecule is Cc1c(C(=O)N(C)C2CC3CCC(C2)N3)nnn1-c1ccccc1.Cl. The van der Waals surface area contributed by atoms with Crippen molar-refractivity contribution in [2.45, 2.75) is 50.7 Å². The van der Waals surface area contributed by atoms with Gasteiger partial charge in [-0.2, -0.15) is 0 Å². The zero-order valence-corrected chi connectivity index (χ0v) is 15.4. The highest BCUT2D eigenvalue weighted by molar-refractivity contribution is 5.93. The van der Waals surface area contributed by atoms with Crippen molar-refractivity contribution in [3.05, 3.63) is 41.7 Å². The molecule has 3 heterocycles. The van der Waals surface area contributed by atoms with Crippen LogP contribution in [0, 0.1) is 6.92 Å². The largest absolute Gasteiger partial charge is 0.337 e. The number of para-hydroxylation sites is 1. The lowest BCUT2D eigenvalue weighted by molar-refractivity contribution is 0.0675. The Morgan fingerprint density at radius 3 is 2.48 bits per heavy atom. The molecule has 0 radical (unpaired) electrons. The van der Waals surface area contributed by atoms with Crippen molar-refractivity contribution in [2.24, 2.45) is 0 Å². The molecule has 2 aromatic rings. The molecule has 1 amide bonds. The van der Waals surface area contributed by atoms with Gasteiger partial charge < -0.3 is 10.2 Å². The van der Waals surface area contributed by atoms with Crippen LogP contribution >= 0.6 is 12.4 Å². The van der Waals surface area contributed by atoms with Crippen LogP contribution in [0.2, 0.25) is 0 Å². The summed E-state index contributed by atoms with van der Waals surface area (Å²) >= 11 is 0. The van der Waals surface area contributed by atoms with Crippen molar-refractivity contribution in [2.75, 3.05) is 7.05 Å². The highest BCUT2D eigenvalue weighted by atomic mass is 35.5. The molecule has 6 nitrogen and oxygen atoms in total. The smallest absolute Gasteiger partial charge is 0.276 e. The number of amides is 1. The topological polar surface area (TPSA) is 63.1 Å². The molecule has 2 saturated heterocycles. The van der Waals surface area contributed by atoms with Crippen LogP contribution in [0.5, 0.6) is 0 Å². The number of hydrogen-bond acceptors (Lipinski definition) is 4. The Balaban J connectivity index is 0.00000182. The van der Waals surface area contributed by atoms with Crippen LogP contribution in [-0.2, 0) is 0 Å². The summed E-state index contributed by atoms with van der Waals surface area (Å²) in [5.41, 5.74) is 2.16. The molecule has 2 atom stereocenters. The molecular formula is C18H24ClN5O. The van der Waals surface area contributed by atoms with Crippen LogP contribution < -0.4 is 5.32 Å². The first-order chi connectivity index (χ1) is 11.6. The first-order valence-electron chi connectivity index (χ1n) is 8.64. The maximum atomic E-state index is 12.9. The summed E-state index contributed by atoms with van der Waals surface area (Å²) in [6.07, 6.45) is 4.52. The molecule has 0 saturated carbocycles. The van der Waals surface area contributed by atoms with Gasteiger partial charge in [-0.05, 0) is 44.7 Å². The van der Waals surface area contributed by atoms with E-state index in [1.54, 1.807) is 4.68 Å². The van der Waals surface area contributed by atoms with Gasteiger partial charge in [0.25, 0.3) is 5.91 Å². The first kappa shape index (κ1) is 17.9. The summed E-state index contributed by atoms with van der Waals surface area (Å²) < 4.78 is 1.73. The number of fused-ring (bicyclic) bond motifs is 2. The number of hydrogen-bond donors (Lipinski definition) is 1. The summed E-state index contributed by atoms with van der Waals surface area (Å²) in [6.45, 7) is 1.90. The Hall–Kier alpha value is -1.92. The number of halogens is 1. The quantitative estimate of drug-likeness (QED) is 0.911. The van der Waals surface area contributed by atoms with E-state index in [4.69, 9.17) is 0 Å². The van der Waals surface area contributed by atoms with Gasteiger partial charge in [-0.1, -0.05) is 23.4 Å². The number of carbonyl (C=O) groups excluding carboxylic acids is 1. The van der Waals surface area contributed by atoms with Gasteiger partial charge >= 0.3 is 0 Å². The summed E-state index contributed by atoms with van der Waals surface area (Å²) in [7, 11) is 1.90. The van der Waals surface area contributed by atoms with Gasteiger partial charge in [0, 0.05) is 25.2 Å². The average molecular weight is 362 g/mol. The number of piperidine rings is 1. The number of nitrogens with zero attached hydrogens (tertiary/aromatic N) is 4. The maximum absolute atomic E-state index is 12.9. The summed E-state index contributed by atoms with van der Waals surface area (Å²) in [6, 6.07) is 11.2. The first-order valence-corrected chi connectivity index (χ1v) is 8.64. The van der Waals surface area contributed by atoms with E-state index in [1.807, 2.05) is 49.2 Å². The third kappa shape index (κ3) is 3.28. The van der Waals surface area contributed by atoms with E-state index in [1.165, 1.54) is 12.8 Å². The highest BCUT2D eigenvalue weighted by Gasteiger charge is 2.37. The van der Waals surface area contributed by atoms with Crippen molar-refractivity contribution < 1.29 is 4.79 Å². The van der Waals surface area contributed by atoms with Crippen LogP contribution in [0.25, 0.3) is 5.69 Å². The molecule has 2 bridgehead atoms. The minimum absolute atomic E-state index is 0. The second kappa shape index (κ2) is 7.14. The minimum Gasteiger partial charge on any atom is -0.337 e. The zero-order valence-electron chi connectivity index (χ0n) is 14.6. The lowest BCUT2D eigenvalue weighted by Crippen LogP contribution is -2.48. The van der Waals surface area contributed by atoms with E-state index >= 15 is 0 Å². The number of nitrogens with one attached hydrogen (secondary N) is 1. The normalized spacial score (nSPS) is 24.6. The molecule has 1 aromatic carbocycles. The van der Waals surface area contributed by atoms with E-state index < -0.39 is 0 Å².